The first kappa shape index (κ1) is 18.4. The summed E-state index contributed by atoms with van der Waals surface area (Å²) in [7, 11) is 0. The summed E-state index contributed by atoms with van der Waals surface area (Å²) in [6, 6.07) is 10.9. The van der Waals surface area contributed by atoms with Crippen molar-refractivity contribution in [2.24, 2.45) is 0 Å². The zero-order chi connectivity index (χ0) is 19.6. The van der Waals surface area contributed by atoms with Crippen LogP contribution in [0, 0.1) is 0 Å². The molecule has 0 spiro atoms. The number of aromatic amines is 1. The number of hydrogen-bond donors (Lipinski definition) is 2. The van der Waals surface area contributed by atoms with Crippen LogP contribution in [0.5, 0.6) is 0 Å². The highest BCUT2D eigenvalue weighted by atomic mass is 19.4. The van der Waals surface area contributed by atoms with Gasteiger partial charge >= 0.3 is 11.9 Å². The smallest absolute Gasteiger partial charge is 0.350 e. The third kappa shape index (κ3) is 4.08. The second kappa shape index (κ2) is 7.10. The van der Waals surface area contributed by atoms with Crippen LogP contribution in [0.1, 0.15) is 11.1 Å². The van der Waals surface area contributed by atoms with Crippen LogP contribution in [-0.2, 0) is 24.1 Å². The minimum Gasteiger partial charge on any atom is -0.350 e. The highest BCUT2D eigenvalue weighted by Gasteiger charge is 2.30. The number of carbonyl (C=O) groups is 1. The average molecular weight is 377 g/mol. The topological polar surface area (TPSA) is 84.0 Å². The average Bonchev–Trinajstić information content (AvgIpc) is 2.63. The van der Waals surface area contributed by atoms with E-state index in [1.54, 1.807) is 12.1 Å². The van der Waals surface area contributed by atoms with Gasteiger partial charge < -0.3 is 5.32 Å². The van der Waals surface area contributed by atoms with Crippen molar-refractivity contribution in [1.29, 1.82) is 0 Å². The molecule has 6 nitrogen and oxygen atoms in total. The summed E-state index contributed by atoms with van der Waals surface area (Å²) in [5.41, 5.74) is -1.54. The Balaban J connectivity index is 1.77. The number of nitrogens with one attached hydrogen (secondary N) is 2. The third-order valence-electron chi connectivity index (χ3n) is 3.95. The van der Waals surface area contributed by atoms with E-state index in [2.05, 4.69) is 10.3 Å². The van der Waals surface area contributed by atoms with Gasteiger partial charge in [0.25, 0.3) is 5.56 Å². The molecular weight excluding hydrogens is 363 g/mol. The minimum atomic E-state index is -4.47. The van der Waals surface area contributed by atoms with Crippen molar-refractivity contribution in [3.8, 4) is 0 Å². The Labute approximate surface area is 150 Å². The summed E-state index contributed by atoms with van der Waals surface area (Å²) in [4.78, 5) is 38.1. The van der Waals surface area contributed by atoms with Crippen molar-refractivity contribution < 1.29 is 18.0 Å². The molecule has 0 unspecified atom stereocenters. The van der Waals surface area contributed by atoms with E-state index in [9.17, 15) is 27.6 Å². The lowest BCUT2D eigenvalue weighted by Crippen LogP contribution is -2.36. The first-order chi connectivity index (χ1) is 12.8. The molecule has 27 heavy (non-hydrogen) atoms. The Morgan fingerprint density at radius 1 is 1.07 bits per heavy atom. The zero-order valence-electron chi connectivity index (χ0n) is 13.8. The van der Waals surface area contributed by atoms with Crippen LogP contribution in [0.25, 0.3) is 10.9 Å². The highest BCUT2D eigenvalue weighted by molar-refractivity contribution is 5.81. The molecular formula is C18H14F3N3O3. The molecule has 1 heterocycles. The number of amides is 1. The number of alkyl halides is 3. The molecule has 3 rings (SSSR count). The lowest BCUT2D eigenvalue weighted by atomic mass is 10.1. The summed E-state index contributed by atoms with van der Waals surface area (Å²) in [6.07, 6.45) is -4.47. The fourth-order valence-corrected chi connectivity index (χ4v) is 2.66. The van der Waals surface area contributed by atoms with Crippen molar-refractivity contribution in [3.05, 3.63) is 80.5 Å². The summed E-state index contributed by atoms with van der Waals surface area (Å²) in [5.74, 6) is -0.577. The Kier molecular flexibility index (Phi) is 4.85. The van der Waals surface area contributed by atoms with Crippen LogP contribution >= 0.6 is 0 Å². The molecule has 2 N–H and O–H groups in total. The van der Waals surface area contributed by atoms with Gasteiger partial charge in [0, 0.05) is 6.54 Å². The molecule has 1 amide bonds. The number of rotatable bonds is 4. The molecule has 9 heteroatoms. The molecule has 3 aromatic rings. The van der Waals surface area contributed by atoms with Crippen LogP contribution < -0.4 is 16.6 Å². The predicted molar refractivity (Wildman–Crippen MR) is 92.1 cm³/mol. The maximum atomic E-state index is 12.7. The quantitative estimate of drug-likeness (QED) is 0.730. The van der Waals surface area contributed by atoms with E-state index in [0.717, 1.165) is 16.7 Å². The van der Waals surface area contributed by atoms with E-state index in [0.29, 0.717) is 5.52 Å². The van der Waals surface area contributed by atoms with E-state index in [4.69, 9.17) is 0 Å². The molecule has 0 aliphatic rings. The van der Waals surface area contributed by atoms with Gasteiger partial charge in [0.15, 0.2) is 0 Å². The number of hydrogen-bond acceptors (Lipinski definition) is 3. The second-order valence-corrected chi connectivity index (χ2v) is 5.84. The fraction of sp³-hybridized carbons (Fsp3) is 0.167. The molecule has 0 aliphatic carbocycles. The van der Waals surface area contributed by atoms with Crippen molar-refractivity contribution in [2.45, 2.75) is 19.3 Å². The molecule has 2 aromatic carbocycles. The number of carbonyl (C=O) groups excluding carboxylic acids is 1. The summed E-state index contributed by atoms with van der Waals surface area (Å²) in [5, 5.41) is 2.73. The first-order valence-electron chi connectivity index (χ1n) is 7.90. The molecule has 0 bridgehead atoms. The maximum Gasteiger partial charge on any atom is 0.416 e. The van der Waals surface area contributed by atoms with Crippen molar-refractivity contribution in [3.63, 3.8) is 0 Å². The summed E-state index contributed by atoms with van der Waals surface area (Å²) in [6.45, 7) is -0.506. The highest BCUT2D eigenvalue weighted by Crippen LogP contribution is 2.29. The number of aromatic nitrogens is 2. The van der Waals surface area contributed by atoms with Crippen LogP contribution in [-0.4, -0.2) is 15.5 Å². The van der Waals surface area contributed by atoms with Crippen LogP contribution in [0.4, 0.5) is 13.2 Å². The minimum absolute atomic E-state index is 0.126. The Hall–Kier alpha value is -3.36. The monoisotopic (exact) mass is 377 g/mol. The van der Waals surface area contributed by atoms with Crippen LogP contribution in [0.2, 0.25) is 0 Å². The van der Waals surface area contributed by atoms with Gasteiger partial charge in [-0.2, -0.15) is 13.2 Å². The third-order valence-corrected chi connectivity index (χ3v) is 3.95. The number of nitrogens with zero attached hydrogens (tertiary/aromatic N) is 1. The molecule has 0 aliphatic heterocycles. The maximum absolute atomic E-state index is 12.7. The largest absolute Gasteiger partial charge is 0.416 e. The molecule has 0 saturated carbocycles. The molecule has 0 saturated heterocycles. The van der Waals surface area contributed by atoms with E-state index in [1.165, 1.54) is 24.3 Å². The van der Waals surface area contributed by atoms with Gasteiger partial charge in [-0.25, -0.2) is 4.79 Å². The Morgan fingerprint density at radius 2 is 1.81 bits per heavy atom. The van der Waals surface area contributed by atoms with Crippen molar-refractivity contribution >= 4 is 16.8 Å². The van der Waals surface area contributed by atoms with Gasteiger partial charge in [-0.15, -0.1) is 0 Å². The lowest BCUT2D eigenvalue weighted by Gasteiger charge is -2.11. The Morgan fingerprint density at radius 3 is 2.56 bits per heavy atom. The normalized spacial score (nSPS) is 11.5. The van der Waals surface area contributed by atoms with Gasteiger partial charge in [0.05, 0.1) is 16.5 Å². The number of halogens is 3. The van der Waals surface area contributed by atoms with Gasteiger partial charge in [0.1, 0.15) is 6.54 Å². The lowest BCUT2D eigenvalue weighted by molar-refractivity contribution is -0.137. The number of H-pyrrole nitrogens is 1. The zero-order valence-corrected chi connectivity index (χ0v) is 13.8. The molecule has 0 atom stereocenters. The Bertz CT molecular complexity index is 1120. The van der Waals surface area contributed by atoms with Gasteiger partial charge in [-0.3, -0.25) is 19.1 Å². The summed E-state index contributed by atoms with van der Waals surface area (Å²) >= 11 is 0. The fourth-order valence-electron chi connectivity index (χ4n) is 2.66. The van der Waals surface area contributed by atoms with E-state index in [-0.39, 0.29) is 24.0 Å². The predicted octanol–water partition coefficient (Wildman–Crippen LogP) is 2.02. The number of benzene rings is 2. The van der Waals surface area contributed by atoms with Gasteiger partial charge in [-0.05, 0) is 29.8 Å². The molecule has 1 aromatic heterocycles. The standard InChI is InChI=1S/C18H14F3N3O3/c19-18(20,21)12-5-3-4-11(8-12)9-22-15(25)10-24-14-7-2-1-6-13(14)16(26)23-17(24)27/h1-8H,9-10H2,(H,22,25)(H,23,26,27). The van der Waals surface area contributed by atoms with E-state index >= 15 is 0 Å². The van der Waals surface area contributed by atoms with Crippen LogP contribution in [0.15, 0.2) is 58.1 Å². The molecule has 0 fully saturated rings. The second-order valence-electron chi connectivity index (χ2n) is 5.84. The van der Waals surface area contributed by atoms with Crippen molar-refractivity contribution in [1.82, 2.24) is 14.9 Å². The number of fused-ring (bicyclic) bond motifs is 1. The van der Waals surface area contributed by atoms with Crippen LogP contribution in [0.3, 0.4) is 0 Å². The first-order valence-corrected chi connectivity index (χ1v) is 7.90. The SMILES string of the molecule is O=C(Cn1c(=O)[nH]c(=O)c2ccccc21)NCc1cccc(C(F)(F)F)c1. The van der Waals surface area contributed by atoms with Crippen molar-refractivity contribution in [2.75, 3.05) is 0 Å². The molecule has 0 radical (unpaired) electrons. The van der Waals surface area contributed by atoms with E-state index < -0.39 is 28.9 Å². The number of para-hydroxylation sites is 1. The van der Waals surface area contributed by atoms with E-state index in [1.807, 2.05) is 0 Å². The molecule has 140 valence electrons. The van der Waals surface area contributed by atoms with Gasteiger partial charge in [-0.1, -0.05) is 24.3 Å². The summed E-state index contributed by atoms with van der Waals surface area (Å²) < 4.78 is 39.3. The van der Waals surface area contributed by atoms with Gasteiger partial charge in [0.2, 0.25) is 5.91 Å².